The average Bonchev–Trinajstić information content (AvgIpc) is 2.96. The van der Waals surface area contributed by atoms with Crippen LogP contribution in [0.2, 0.25) is 0 Å². The van der Waals surface area contributed by atoms with Crippen molar-refractivity contribution >= 4 is 46.0 Å². The highest BCUT2D eigenvalue weighted by atomic mass is 32.2. The van der Waals surface area contributed by atoms with Crippen molar-refractivity contribution in [2.24, 2.45) is 0 Å². The molecule has 1 amide bonds. The zero-order chi connectivity index (χ0) is 19.2. The minimum atomic E-state index is 0.00810. The maximum atomic E-state index is 12.8. The van der Waals surface area contributed by atoms with Gasteiger partial charge in [-0.1, -0.05) is 66.4 Å². The predicted octanol–water partition coefficient (Wildman–Crippen LogP) is 4.98. The van der Waals surface area contributed by atoms with Crippen molar-refractivity contribution in [1.29, 1.82) is 0 Å². The standard InChI is InChI=1S/C22H24N2OS2/c1-3-23(4-2)19-12-10-18(11-13-19)16-20-21(25)24(22(26)27-20)15-14-17-8-6-5-7-9-17/h5-13,16H,3-4,14-15H2,1-2H3. The van der Waals surface area contributed by atoms with Gasteiger partial charge in [0.1, 0.15) is 4.32 Å². The Labute approximate surface area is 171 Å². The van der Waals surface area contributed by atoms with Crippen molar-refractivity contribution in [3.05, 3.63) is 70.6 Å². The molecule has 0 aliphatic carbocycles. The van der Waals surface area contributed by atoms with Crippen LogP contribution in [0.1, 0.15) is 25.0 Å². The van der Waals surface area contributed by atoms with Gasteiger partial charge in [-0.25, -0.2) is 0 Å². The summed E-state index contributed by atoms with van der Waals surface area (Å²) < 4.78 is 0.641. The summed E-state index contributed by atoms with van der Waals surface area (Å²) in [7, 11) is 0. The van der Waals surface area contributed by atoms with Crippen molar-refractivity contribution < 1.29 is 4.79 Å². The SMILES string of the molecule is CCN(CC)c1ccc(C=C2SC(=S)N(CCc3ccccc3)C2=O)cc1. The molecule has 1 heterocycles. The molecule has 3 rings (SSSR count). The van der Waals surface area contributed by atoms with Crippen LogP contribution in [0.4, 0.5) is 5.69 Å². The van der Waals surface area contributed by atoms with Gasteiger partial charge in [0, 0.05) is 25.3 Å². The van der Waals surface area contributed by atoms with E-state index in [0.717, 1.165) is 25.1 Å². The van der Waals surface area contributed by atoms with Crippen LogP contribution < -0.4 is 4.90 Å². The Morgan fingerprint density at radius 2 is 1.70 bits per heavy atom. The van der Waals surface area contributed by atoms with Crippen molar-refractivity contribution in [2.45, 2.75) is 20.3 Å². The highest BCUT2D eigenvalue weighted by Crippen LogP contribution is 2.32. The van der Waals surface area contributed by atoms with E-state index in [1.807, 2.05) is 24.3 Å². The number of hydrogen-bond donors (Lipinski definition) is 0. The molecule has 0 atom stereocenters. The Bertz CT molecular complexity index is 827. The molecule has 0 saturated carbocycles. The molecule has 0 bridgehead atoms. The van der Waals surface area contributed by atoms with Crippen molar-refractivity contribution in [3.8, 4) is 0 Å². The predicted molar refractivity (Wildman–Crippen MR) is 120 cm³/mol. The lowest BCUT2D eigenvalue weighted by Crippen LogP contribution is -2.30. The molecule has 0 N–H and O–H groups in total. The van der Waals surface area contributed by atoms with E-state index in [-0.39, 0.29) is 5.91 Å². The molecule has 140 valence electrons. The lowest BCUT2D eigenvalue weighted by Gasteiger charge is -2.20. The van der Waals surface area contributed by atoms with Crippen molar-refractivity contribution in [2.75, 3.05) is 24.5 Å². The zero-order valence-corrected chi connectivity index (χ0v) is 17.4. The van der Waals surface area contributed by atoms with E-state index >= 15 is 0 Å². The first-order valence-corrected chi connectivity index (χ1v) is 10.5. The molecule has 5 heteroatoms. The summed E-state index contributed by atoms with van der Waals surface area (Å²) in [4.78, 5) is 17.5. The first kappa shape index (κ1) is 19.6. The third kappa shape index (κ3) is 4.79. The van der Waals surface area contributed by atoms with Gasteiger partial charge in [0.05, 0.1) is 4.91 Å². The molecule has 27 heavy (non-hydrogen) atoms. The van der Waals surface area contributed by atoms with Crippen molar-refractivity contribution in [3.63, 3.8) is 0 Å². The summed E-state index contributed by atoms with van der Waals surface area (Å²) >= 11 is 6.82. The first-order valence-electron chi connectivity index (χ1n) is 9.26. The Balaban J connectivity index is 1.68. The molecule has 2 aromatic carbocycles. The fraction of sp³-hybridized carbons (Fsp3) is 0.273. The van der Waals surface area contributed by atoms with Gasteiger partial charge in [0.25, 0.3) is 5.91 Å². The van der Waals surface area contributed by atoms with E-state index in [4.69, 9.17) is 12.2 Å². The zero-order valence-electron chi connectivity index (χ0n) is 15.7. The smallest absolute Gasteiger partial charge is 0.266 e. The summed E-state index contributed by atoms with van der Waals surface area (Å²) in [6.07, 6.45) is 2.74. The lowest BCUT2D eigenvalue weighted by atomic mass is 10.1. The molecule has 0 radical (unpaired) electrons. The highest BCUT2D eigenvalue weighted by Gasteiger charge is 2.31. The summed E-state index contributed by atoms with van der Waals surface area (Å²) in [6.45, 7) is 6.88. The van der Waals surface area contributed by atoms with Crippen LogP contribution in [0.5, 0.6) is 0 Å². The molecular formula is C22H24N2OS2. The van der Waals surface area contributed by atoms with Gasteiger partial charge in [-0.2, -0.15) is 0 Å². The van der Waals surface area contributed by atoms with Gasteiger partial charge in [-0.05, 0) is 49.6 Å². The molecule has 1 saturated heterocycles. The second-order valence-electron chi connectivity index (χ2n) is 6.33. The Hall–Kier alpha value is -2.11. The van der Waals surface area contributed by atoms with Crippen LogP contribution in [0.3, 0.4) is 0 Å². The van der Waals surface area contributed by atoms with Gasteiger partial charge >= 0.3 is 0 Å². The number of carbonyl (C=O) groups is 1. The number of carbonyl (C=O) groups excluding carboxylic acids is 1. The second-order valence-corrected chi connectivity index (χ2v) is 8.01. The fourth-order valence-corrected chi connectivity index (χ4v) is 4.41. The van der Waals surface area contributed by atoms with Crippen molar-refractivity contribution in [1.82, 2.24) is 4.90 Å². The fourth-order valence-electron chi connectivity index (χ4n) is 3.10. The molecule has 1 aliphatic rings. The van der Waals surface area contributed by atoms with Gasteiger partial charge in [0.15, 0.2) is 0 Å². The molecule has 1 fully saturated rings. The Morgan fingerprint density at radius 1 is 1.04 bits per heavy atom. The van der Waals surface area contributed by atoms with E-state index in [1.165, 1.54) is 23.0 Å². The monoisotopic (exact) mass is 396 g/mol. The summed E-state index contributed by atoms with van der Waals surface area (Å²) in [5.74, 6) is 0.00810. The topological polar surface area (TPSA) is 23.6 Å². The number of rotatable bonds is 7. The van der Waals surface area contributed by atoms with Gasteiger partial charge in [-0.3, -0.25) is 9.69 Å². The maximum absolute atomic E-state index is 12.8. The molecular weight excluding hydrogens is 372 g/mol. The highest BCUT2D eigenvalue weighted by molar-refractivity contribution is 8.26. The van der Waals surface area contributed by atoms with Crippen LogP contribution in [0.25, 0.3) is 6.08 Å². The van der Waals surface area contributed by atoms with E-state index in [1.54, 1.807) is 4.90 Å². The Morgan fingerprint density at radius 3 is 2.33 bits per heavy atom. The minimum Gasteiger partial charge on any atom is -0.372 e. The number of hydrogen-bond acceptors (Lipinski definition) is 4. The van der Waals surface area contributed by atoms with Crippen LogP contribution in [-0.2, 0) is 11.2 Å². The van der Waals surface area contributed by atoms with Crippen LogP contribution in [-0.4, -0.2) is 34.8 Å². The Kier molecular flexibility index (Phi) is 6.69. The summed E-state index contributed by atoms with van der Waals surface area (Å²) in [6, 6.07) is 18.5. The van der Waals surface area contributed by atoms with E-state index < -0.39 is 0 Å². The maximum Gasteiger partial charge on any atom is 0.266 e. The normalized spacial score (nSPS) is 15.6. The van der Waals surface area contributed by atoms with Crippen LogP contribution >= 0.6 is 24.0 Å². The third-order valence-corrected chi connectivity index (χ3v) is 6.04. The number of amides is 1. The summed E-state index contributed by atoms with van der Waals surface area (Å²) in [5.41, 5.74) is 3.43. The number of anilines is 1. The van der Waals surface area contributed by atoms with Gasteiger partial charge in [-0.15, -0.1) is 0 Å². The minimum absolute atomic E-state index is 0.00810. The number of nitrogens with zero attached hydrogens (tertiary/aromatic N) is 2. The number of benzene rings is 2. The lowest BCUT2D eigenvalue weighted by molar-refractivity contribution is -0.122. The van der Waals surface area contributed by atoms with Gasteiger partial charge < -0.3 is 4.90 Å². The molecule has 0 unspecified atom stereocenters. The largest absolute Gasteiger partial charge is 0.372 e. The first-order chi connectivity index (χ1) is 13.1. The number of thioether (sulfide) groups is 1. The summed E-state index contributed by atoms with van der Waals surface area (Å²) in [5, 5.41) is 0. The molecule has 2 aromatic rings. The molecule has 1 aliphatic heterocycles. The molecule has 0 aromatic heterocycles. The van der Waals surface area contributed by atoms with Gasteiger partial charge in [0.2, 0.25) is 0 Å². The second kappa shape index (κ2) is 9.20. The van der Waals surface area contributed by atoms with E-state index in [9.17, 15) is 4.79 Å². The van der Waals surface area contributed by atoms with Crippen LogP contribution in [0.15, 0.2) is 59.5 Å². The molecule has 3 nitrogen and oxygen atoms in total. The van der Waals surface area contributed by atoms with Crippen LogP contribution in [0, 0.1) is 0 Å². The van der Waals surface area contributed by atoms with E-state index in [2.05, 4.69) is 55.1 Å². The number of thiocarbonyl (C=S) groups is 1. The quantitative estimate of drug-likeness (QED) is 0.487. The average molecular weight is 397 g/mol. The van der Waals surface area contributed by atoms with E-state index in [0.29, 0.717) is 15.8 Å². The third-order valence-electron chi connectivity index (χ3n) is 4.66. The molecule has 0 spiro atoms.